The van der Waals surface area contributed by atoms with E-state index in [1.54, 1.807) is 0 Å². The molecule has 0 saturated heterocycles. The largest absolute Gasteiger partial charge is 0.480 e. The van der Waals surface area contributed by atoms with Crippen LogP contribution in [0.3, 0.4) is 0 Å². The molecule has 1 heterocycles. The number of aromatic nitrogens is 2. The third-order valence-corrected chi connectivity index (χ3v) is 5.05. The fourth-order valence-electron chi connectivity index (χ4n) is 3.56. The van der Waals surface area contributed by atoms with Crippen LogP contribution in [-0.4, -0.2) is 57.8 Å². The van der Waals surface area contributed by atoms with Crippen LogP contribution in [0.5, 0.6) is 0 Å². The minimum Gasteiger partial charge on any atom is -0.480 e. The van der Waals surface area contributed by atoms with E-state index in [9.17, 15) is 14.4 Å². The summed E-state index contributed by atoms with van der Waals surface area (Å²) in [5, 5.41) is 29.1. The third kappa shape index (κ3) is 4.01. The molecule has 1 aliphatic carbocycles. The zero-order valence-electron chi connectivity index (χ0n) is 16.5. The van der Waals surface area contributed by atoms with Crippen LogP contribution in [-0.2, 0) is 9.53 Å². The second-order valence-corrected chi connectivity index (χ2v) is 6.96. The van der Waals surface area contributed by atoms with Gasteiger partial charge in [0.05, 0.1) is 6.61 Å². The van der Waals surface area contributed by atoms with Crippen molar-refractivity contribution >= 4 is 23.8 Å². The lowest BCUT2D eigenvalue weighted by atomic mass is 9.98. The number of carbonyl (C=O) groups excluding carboxylic acids is 2. The van der Waals surface area contributed by atoms with Gasteiger partial charge in [0.15, 0.2) is 6.04 Å². The van der Waals surface area contributed by atoms with E-state index in [1.165, 1.54) is 0 Å². The number of nitrogens with one attached hydrogen (secondary N) is 2. The Morgan fingerprint density at radius 2 is 1.66 bits per heavy atom. The number of rotatable bonds is 7. The van der Waals surface area contributed by atoms with Crippen molar-refractivity contribution in [2.45, 2.75) is 12.0 Å². The third-order valence-electron chi connectivity index (χ3n) is 5.05. The summed E-state index contributed by atoms with van der Waals surface area (Å²) >= 11 is 0. The van der Waals surface area contributed by atoms with Crippen LogP contribution in [0.4, 0.5) is 10.6 Å². The van der Waals surface area contributed by atoms with E-state index in [-0.39, 0.29) is 18.3 Å². The molecule has 4 N–H and O–H groups in total. The molecule has 1 atom stereocenters. The molecule has 164 valence electrons. The number of carboxylic acids is 1. The standard InChI is InChI=1S/C21H18N4O7/c26-9-16(20(28)29)22-19(27)17-18(25-32-24-17)23-21(30)31-10-15-13-7-3-1-5-11(13)12-6-2-4-8-14(12)15/h1-8,15-16,26H,9-10H2,(H,22,27)(H,28,29)(H,23,25,30)/t16-/m1/s1. The number of aliphatic carboxylic acids is 1. The van der Waals surface area contributed by atoms with Gasteiger partial charge in [-0.15, -0.1) is 0 Å². The molecule has 1 aliphatic rings. The molecule has 0 unspecified atom stereocenters. The van der Waals surface area contributed by atoms with Gasteiger partial charge in [0.1, 0.15) is 6.61 Å². The summed E-state index contributed by atoms with van der Waals surface area (Å²) in [6, 6.07) is 14.1. The molecule has 0 saturated carbocycles. The normalized spacial score (nSPS) is 13.0. The summed E-state index contributed by atoms with van der Waals surface area (Å²) < 4.78 is 9.84. The maximum atomic E-state index is 12.3. The monoisotopic (exact) mass is 438 g/mol. The number of hydrogen-bond donors (Lipinski definition) is 4. The molecule has 0 aliphatic heterocycles. The Kier molecular flexibility index (Phi) is 5.81. The number of carbonyl (C=O) groups is 3. The molecule has 11 heteroatoms. The van der Waals surface area contributed by atoms with Crippen LogP contribution in [0.2, 0.25) is 0 Å². The van der Waals surface area contributed by atoms with Crippen molar-refractivity contribution in [2.24, 2.45) is 0 Å². The minimum atomic E-state index is -1.55. The number of anilines is 1. The Hall–Kier alpha value is -4.25. The van der Waals surface area contributed by atoms with E-state index in [2.05, 4.69) is 20.3 Å². The van der Waals surface area contributed by atoms with Crippen LogP contribution >= 0.6 is 0 Å². The van der Waals surface area contributed by atoms with Gasteiger partial charge in [-0.2, -0.15) is 0 Å². The number of aliphatic hydroxyl groups excluding tert-OH is 1. The first-order valence-electron chi connectivity index (χ1n) is 9.58. The first-order valence-corrected chi connectivity index (χ1v) is 9.58. The molecule has 3 aromatic rings. The summed E-state index contributed by atoms with van der Waals surface area (Å²) in [6.07, 6.45) is -0.895. The topological polar surface area (TPSA) is 164 Å². The highest BCUT2D eigenvalue weighted by Crippen LogP contribution is 2.44. The maximum Gasteiger partial charge on any atom is 0.412 e. The second-order valence-electron chi connectivity index (χ2n) is 6.96. The number of amides is 2. The predicted octanol–water partition coefficient (Wildman–Crippen LogP) is 1.61. The molecule has 0 bridgehead atoms. The van der Waals surface area contributed by atoms with Crippen molar-refractivity contribution in [2.75, 3.05) is 18.5 Å². The molecule has 11 nitrogen and oxygen atoms in total. The summed E-state index contributed by atoms with van der Waals surface area (Å²) in [5.74, 6) is -2.95. The highest BCUT2D eigenvalue weighted by atomic mass is 16.6. The molecule has 0 fully saturated rings. The van der Waals surface area contributed by atoms with Gasteiger partial charge < -0.3 is 20.3 Å². The van der Waals surface area contributed by atoms with Gasteiger partial charge in [0.25, 0.3) is 5.91 Å². The van der Waals surface area contributed by atoms with E-state index in [0.29, 0.717) is 0 Å². The Morgan fingerprint density at radius 1 is 1.03 bits per heavy atom. The van der Waals surface area contributed by atoms with Crippen LogP contribution in [0.15, 0.2) is 53.2 Å². The van der Waals surface area contributed by atoms with E-state index in [1.807, 2.05) is 53.8 Å². The van der Waals surface area contributed by atoms with Gasteiger partial charge in [0.2, 0.25) is 11.5 Å². The number of aliphatic hydroxyl groups is 1. The quantitative estimate of drug-likeness (QED) is 0.429. The number of nitrogens with zero attached hydrogens (tertiary/aromatic N) is 2. The fraction of sp³-hybridized carbons (Fsp3) is 0.190. The Labute approximate surface area is 181 Å². The van der Waals surface area contributed by atoms with Gasteiger partial charge in [-0.05, 0) is 32.6 Å². The number of fused-ring (bicyclic) bond motifs is 3. The molecule has 4 rings (SSSR count). The summed E-state index contributed by atoms with van der Waals surface area (Å²) in [5.41, 5.74) is 3.77. The molecule has 1 aromatic heterocycles. The lowest BCUT2D eigenvalue weighted by molar-refractivity contribution is -0.140. The molecular weight excluding hydrogens is 420 g/mol. The SMILES string of the molecule is O=C(Nc1nonc1C(=O)N[C@H](CO)C(=O)O)OCC1c2ccccc2-c2ccccc21. The first kappa shape index (κ1) is 21.0. The fourth-order valence-corrected chi connectivity index (χ4v) is 3.56. The molecule has 0 spiro atoms. The molecule has 2 aromatic carbocycles. The molecule has 2 amide bonds. The number of hydrogen-bond acceptors (Lipinski definition) is 8. The van der Waals surface area contributed by atoms with Crippen molar-refractivity contribution in [3.8, 4) is 11.1 Å². The van der Waals surface area contributed by atoms with Crippen molar-refractivity contribution in [1.29, 1.82) is 0 Å². The van der Waals surface area contributed by atoms with Crippen molar-refractivity contribution in [1.82, 2.24) is 15.6 Å². The van der Waals surface area contributed by atoms with Crippen LogP contribution in [0.25, 0.3) is 11.1 Å². The van der Waals surface area contributed by atoms with Crippen LogP contribution in [0, 0.1) is 0 Å². The second kappa shape index (κ2) is 8.86. The lowest BCUT2D eigenvalue weighted by Gasteiger charge is -2.14. The maximum absolute atomic E-state index is 12.3. The smallest absolute Gasteiger partial charge is 0.412 e. The molecule has 32 heavy (non-hydrogen) atoms. The predicted molar refractivity (Wildman–Crippen MR) is 109 cm³/mol. The van der Waals surface area contributed by atoms with E-state index >= 15 is 0 Å². The zero-order valence-corrected chi connectivity index (χ0v) is 16.5. The first-order chi connectivity index (χ1) is 15.5. The average Bonchev–Trinajstić information content (AvgIpc) is 3.38. The van der Waals surface area contributed by atoms with Gasteiger partial charge in [-0.3, -0.25) is 10.1 Å². The van der Waals surface area contributed by atoms with Crippen molar-refractivity contribution in [3.05, 3.63) is 65.4 Å². The number of benzene rings is 2. The van der Waals surface area contributed by atoms with E-state index < -0.39 is 36.3 Å². The molecule has 0 radical (unpaired) electrons. The zero-order chi connectivity index (χ0) is 22.7. The Morgan fingerprint density at radius 3 is 2.25 bits per heavy atom. The van der Waals surface area contributed by atoms with Gasteiger partial charge in [-0.1, -0.05) is 48.5 Å². The number of ether oxygens (including phenoxy) is 1. The van der Waals surface area contributed by atoms with Crippen LogP contribution < -0.4 is 10.6 Å². The summed E-state index contributed by atoms with van der Waals surface area (Å²) in [6.45, 7) is -0.792. The van der Waals surface area contributed by atoms with Crippen molar-refractivity contribution < 1.29 is 34.0 Å². The van der Waals surface area contributed by atoms with E-state index in [0.717, 1.165) is 22.3 Å². The Balaban J connectivity index is 1.42. The highest BCUT2D eigenvalue weighted by molar-refractivity contribution is 6.01. The molecular formula is C21H18N4O7. The minimum absolute atomic E-state index is 0.0400. The Bertz CT molecular complexity index is 1130. The van der Waals surface area contributed by atoms with Crippen molar-refractivity contribution in [3.63, 3.8) is 0 Å². The summed E-state index contributed by atoms with van der Waals surface area (Å²) in [7, 11) is 0. The summed E-state index contributed by atoms with van der Waals surface area (Å²) in [4.78, 5) is 35.5. The highest BCUT2D eigenvalue weighted by Gasteiger charge is 2.30. The van der Waals surface area contributed by atoms with E-state index in [4.69, 9.17) is 14.9 Å². The average molecular weight is 438 g/mol. The lowest BCUT2D eigenvalue weighted by Crippen LogP contribution is -2.43. The van der Waals surface area contributed by atoms with Crippen LogP contribution in [0.1, 0.15) is 27.5 Å². The number of carboxylic acid groups (broad SMARTS) is 1. The van der Waals surface area contributed by atoms with Gasteiger partial charge in [-0.25, -0.2) is 14.2 Å². The van der Waals surface area contributed by atoms with Gasteiger partial charge >= 0.3 is 12.1 Å². The van der Waals surface area contributed by atoms with Gasteiger partial charge in [0, 0.05) is 5.92 Å².